The summed E-state index contributed by atoms with van der Waals surface area (Å²) in [6.45, 7) is 1.58. The molecule has 98 valence electrons. The molecule has 0 aliphatic heterocycles. The van der Waals surface area contributed by atoms with Crippen LogP contribution in [0, 0.1) is 5.92 Å². The van der Waals surface area contributed by atoms with Crippen LogP contribution < -0.4 is 0 Å². The maximum atomic E-state index is 10.8. The zero-order valence-corrected chi connectivity index (χ0v) is 12.2. The first-order valence-corrected chi connectivity index (χ1v) is 7.10. The maximum Gasteiger partial charge on any atom is 0.317 e. The van der Waals surface area contributed by atoms with E-state index in [1.165, 1.54) is 12.8 Å². The molecule has 0 bridgehead atoms. The first kappa shape index (κ1) is 13.8. The highest BCUT2D eigenvalue weighted by Crippen LogP contribution is 2.30. The van der Waals surface area contributed by atoms with Crippen LogP contribution in [0.25, 0.3) is 0 Å². The van der Waals surface area contributed by atoms with Crippen molar-refractivity contribution in [1.82, 2.24) is 4.90 Å². The maximum absolute atomic E-state index is 10.8. The molecular weight excluding hydrogens is 318 g/mol. The number of halogens is 2. The zero-order chi connectivity index (χ0) is 13.1. The second-order valence-corrected chi connectivity index (χ2v) is 6.02. The molecule has 2 rings (SSSR count). The summed E-state index contributed by atoms with van der Waals surface area (Å²) in [5.74, 6) is -0.103. The summed E-state index contributed by atoms with van der Waals surface area (Å²) >= 11 is 9.39. The van der Waals surface area contributed by atoms with Crippen LogP contribution in [0.4, 0.5) is 0 Å². The first-order valence-electron chi connectivity index (χ1n) is 5.92. The van der Waals surface area contributed by atoms with Gasteiger partial charge < -0.3 is 5.11 Å². The van der Waals surface area contributed by atoms with Gasteiger partial charge in [-0.05, 0) is 52.4 Å². The van der Waals surface area contributed by atoms with Gasteiger partial charge in [0.15, 0.2) is 0 Å². The molecule has 1 saturated carbocycles. The number of aliphatic carboxylic acids is 1. The largest absolute Gasteiger partial charge is 0.480 e. The summed E-state index contributed by atoms with van der Waals surface area (Å²) in [4.78, 5) is 12.8. The molecule has 0 amide bonds. The molecule has 1 aromatic rings. The number of benzene rings is 1. The van der Waals surface area contributed by atoms with Gasteiger partial charge in [-0.3, -0.25) is 9.69 Å². The van der Waals surface area contributed by atoms with E-state index in [1.807, 2.05) is 23.1 Å². The minimum Gasteiger partial charge on any atom is -0.480 e. The van der Waals surface area contributed by atoms with Crippen molar-refractivity contribution in [2.75, 3.05) is 13.1 Å². The van der Waals surface area contributed by atoms with Crippen molar-refractivity contribution in [2.45, 2.75) is 19.4 Å². The van der Waals surface area contributed by atoms with Crippen LogP contribution in [0.15, 0.2) is 22.7 Å². The van der Waals surface area contributed by atoms with Gasteiger partial charge in [0, 0.05) is 17.6 Å². The minimum atomic E-state index is -0.779. The molecule has 18 heavy (non-hydrogen) atoms. The summed E-state index contributed by atoms with van der Waals surface area (Å²) in [6, 6.07) is 5.75. The highest BCUT2D eigenvalue weighted by Gasteiger charge is 2.25. The van der Waals surface area contributed by atoms with Crippen molar-refractivity contribution in [3.05, 3.63) is 33.3 Å². The van der Waals surface area contributed by atoms with E-state index < -0.39 is 5.97 Å². The topological polar surface area (TPSA) is 40.5 Å². The number of carboxylic acids is 1. The van der Waals surface area contributed by atoms with Gasteiger partial charge in [-0.25, -0.2) is 0 Å². The lowest BCUT2D eigenvalue weighted by molar-refractivity contribution is -0.138. The Balaban J connectivity index is 2.01. The number of hydrogen-bond acceptors (Lipinski definition) is 2. The first-order chi connectivity index (χ1) is 8.54. The van der Waals surface area contributed by atoms with E-state index in [1.54, 1.807) is 0 Å². The van der Waals surface area contributed by atoms with E-state index in [0.29, 0.717) is 17.5 Å². The van der Waals surface area contributed by atoms with Crippen molar-refractivity contribution in [3.63, 3.8) is 0 Å². The summed E-state index contributed by atoms with van der Waals surface area (Å²) in [5.41, 5.74) is 1.05. The molecule has 0 aromatic heterocycles. The van der Waals surface area contributed by atoms with Crippen LogP contribution in [0.2, 0.25) is 5.02 Å². The van der Waals surface area contributed by atoms with Gasteiger partial charge in [0.1, 0.15) is 0 Å². The van der Waals surface area contributed by atoms with E-state index >= 15 is 0 Å². The molecule has 0 atom stereocenters. The Morgan fingerprint density at radius 1 is 1.50 bits per heavy atom. The number of hydrogen-bond donors (Lipinski definition) is 1. The van der Waals surface area contributed by atoms with E-state index in [-0.39, 0.29) is 6.54 Å². The summed E-state index contributed by atoms with van der Waals surface area (Å²) in [7, 11) is 0. The lowest BCUT2D eigenvalue weighted by atomic mass is 10.2. The van der Waals surface area contributed by atoms with Crippen molar-refractivity contribution < 1.29 is 9.90 Å². The lowest BCUT2D eigenvalue weighted by Crippen LogP contribution is -2.31. The zero-order valence-electron chi connectivity index (χ0n) is 9.90. The molecule has 0 radical (unpaired) electrons. The molecule has 1 N–H and O–H groups in total. The second kappa shape index (κ2) is 6.04. The number of carbonyl (C=O) groups is 1. The Labute approximate surface area is 120 Å². The van der Waals surface area contributed by atoms with Crippen LogP contribution in [-0.2, 0) is 11.3 Å². The van der Waals surface area contributed by atoms with Crippen LogP contribution in [0.3, 0.4) is 0 Å². The van der Waals surface area contributed by atoms with E-state index in [9.17, 15) is 4.79 Å². The predicted octanol–water partition coefficient (Wildman–Crippen LogP) is 3.40. The van der Waals surface area contributed by atoms with Gasteiger partial charge in [-0.2, -0.15) is 0 Å². The third kappa shape index (κ3) is 4.26. The average Bonchev–Trinajstić information content (AvgIpc) is 3.06. The van der Waals surface area contributed by atoms with Crippen molar-refractivity contribution in [3.8, 4) is 0 Å². The second-order valence-electron chi connectivity index (χ2n) is 4.76. The predicted molar refractivity (Wildman–Crippen MR) is 74.8 cm³/mol. The van der Waals surface area contributed by atoms with Crippen LogP contribution >= 0.6 is 27.5 Å². The van der Waals surface area contributed by atoms with Crippen molar-refractivity contribution >= 4 is 33.5 Å². The van der Waals surface area contributed by atoms with Gasteiger partial charge in [-0.1, -0.05) is 17.7 Å². The monoisotopic (exact) mass is 331 g/mol. The molecule has 1 aromatic carbocycles. The Morgan fingerprint density at radius 3 is 2.78 bits per heavy atom. The van der Waals surface area contributed by atoms with Gasteiger partial charge >= 0.3 is 5.97 Å². The standard InChI is InChI=1S/C13H15BrClNO2/c14-11-4-3-10(5-12(11)15)7-16(8-13(17)18)6-9-1-2-9/h3-5,9H,1-2,6-8H2,(H,17,18). The Kier molecular flexibility index (Phi) is 4.65. The highest BCUT2D eigenvalue weighted by molar-refractivity contribution is 9.10. The Morgan fingerprint density at radius 2 is 2.22 bits per heavy atom. The van der Waals surface area contributed by atoms with Gasteiger partial charge in [0.05, 0.1) is 11.6 Å². The fraction of sp³-hybridized carbons (Fsp3) is 0.462. The molecule has 3 nitrogen and oxygen atoms in total. The average molecular weight is 333 g/mol. The number of rotatable bonds is 6. The number of carboxylic acid groups (broad SMARTS) is 1. The quantitative estimate of drug-likeness (QED) is 0.868. The molecule has 5 heteroatoms. The number of nitrogens with zero attached hydrogens (tertiary/aromatic N) is 1. The third-order valence-corrected chi connectivity index (χ3v) is 4.19. The highest BCUT2D eigenvalue weighted by atomic mass is 79.9. The smallest absolute Gasteiger partial charge is 0.317 e. The molecule has 1 fully saturated rings. The van der Waals surface area contributed by atoms with Crippen molar-refractivity contribution in [2.24, 2.45) is 5.92 Å². The normalized spacial score (nSPS) is 15.1. The SMILES string of the molecule is O=C(O)CN(Cc1ccc(Br)c(Cl)c1)CC1CC1. The van der Waals surface area contributed by atoms with Crippen LogP contribution in [0.5, 0.6) is 0 Å². The van der Waals surface area contributed by atoms with Crippen molar-refractivity contribution in [1.29, 1.82) is 0 Å². The fourth-order valence-corrected chi connectivity index (χ4v) is 2.39. The Bertz CT molecular complexity index is 449. The summed E-state index contributed by atoms with van der Waals surface area (Å²) in [5, 5.41) is 9.58. The third-order valence-electron chi connectivity index (χ3n) is 2.96. The van der Waals surface area contributed by atoms with Crippen LogP contribution in [0.1, 0.15) is 18.4 Å². The fourth-order valence-electron chi connectivity index (χ4n) is 1.94. The van der Waals surface area contributed by atoms with Crippen LogP contribution in [-0.4, -0.2) is 29.1 Å². The lowest BCUT2D eigenvalue weighted by Gasteiger charge is -2.20. The van der Waals surface area contributed by atoms with E-state index in [2.05, 4.69) is 15.9 Å². The summed E-state index contributed by atoms with van der Waals surface area (Å²) < 4.78 is 0.861. The summed E-state index contributed by atoms with van der Waals surface area (Å²) in [6.07, 6.45) is 2.44. The van der Waals surface area contributed by atoms with E-state index in [0.717, 1.165) is 16.6 Å². The molecule has 0 spiro atoms. The molecule has 1 aliphatic rings. The molecule has 0 heterocycles. The van der Waals surface area contributed by atoms with E-state index in [4.69, 9.17) is 16.7 Å². The molecular formula is C13H15BrClNO2. The molecule has 0 unspecified atom stereocenters. The van der Waals surface area contributed by atoms with Gasteiger partial charge in [0.25, 0.3) is 0 Å². The van der Waals surface area contributed by atoms with Gasteiger partial charge in [-0.15, -0.1) is 0 Å². The molecule has 0 saturated heterocycles. The molecule has 1 aliphatic carbocycles. The Hall–Kier alpha value is -0.580. The van der Waals surface area contributed by atoms with Gasteiger partial charge in [0.2, 0.25) is 0 Å². The minimum absolute atomic E-state index is 0.0875.